The molecule has 26 heavy (non-hydrogen) atoms. The average molecular weight is 373 g/mol. The first-order valence-electron chi connectivity index (χ1n) is 8.66. The number of likely N-dealkylation sites (tertiary alicyclic amines) is 1. The van der Waals surface area contributed by atoms with Gasteiger partial charge in [0.05, 0.1) is 11.3 Å². The third kappa shape index (κ3) is 3.85. The van der Waals surface area contributed by atoms with E-state index >= 15 is 0 Å². The summed E-state index contributed by atoms with van der Waals surface area (Å²) in [6, 6.07) is 3.74. The van der Waals surface area contributed by atoms with Gasteiger partial charge < -0.3 is 15.5 Å². The standard InChI is InChI=1S/C18H23N5O2S/c1-11-4-7-20-14(10-11)21-16(24)13-5-8-23(9-6-13)18(25)15-12(2)22-26-17(15)19-3/h4,7,10,13,19H,5-6,8-9H2,1-3H3,(H,20,21,24). The van der Waals surface area contributed by atoms with Gasteiger partial charge in [-0.3, -0.25) is 9.59 Å². The molecule has 0 aliphatic carbocycles. The van der Waals surface area contributed by atoms with Crippen molar-refractivity contribution in [3.05, 3.63) is 35.2 Å². The molecule has 138 valence electrons. The zero-order valence-corrected chi connectivity index (χ0v) is 16.0. The number of hydrogen-bond acceptors (Lipinski definition) is 6. The van der Waals surface area contributed by atoms with Crippen LogP contribution in [-0.4, -0.2) is 46.2 Å². The second-order valence-corrected chi connectivity index (χ2v) is 7.27. The summed E-state index contributed by atoms with van der Waals surface area (Å²) in [5, 5.41) is 6.70. The SMILES string of the molecule is CNc1snc(C)c1C(=O)N1CCC(C(=O)Nc2cc(C)ccn2)CC1. The molecule has 7 nitrogen and oxygen atoms in total. The largest absolute Gasteiger partial charge is 0.378 e. The van der Waals surface area contributed by atoms with Gasteiger partial charge >= 0.3 is 0 Å². The first-order valence-corrected chi connectivity index (χ1v) is 9.43. The Morgan fingerprint density at radius 2 is 2.00 bits per heavy atom. The van der Waals surface area contributed by atoms with Crippen LogP contribution in [0.25, 0.3) is 0 Å². The van der Waals surface area contributed by atoms with E-state index in [0.717, 1.165) is 16.3 Å². The highest BCUT2D eigenvalue weighted by Crippen LogP contribution is 2.27. The number of carbonyl (C=O) groups excluding carboxylic acids is 2. The van der Waals surface area contributed by atoms with Crippen LogP contribution in [0.3, 0.4) is 0 Å². The number of carbonyl (C=O) groups is 2. The smallest absolute Gasteiger partial charge is 0.258 e. The molecule has 1 fully saturated rings. The monoisotopic (exact) mass is 373 g/mol. The summed E-state index contributed by atoms with van der Waals surface area (Å²) in [6.07, 6.45) is 2.98. The highest BCUT2D eigenvalue weighted by molar-refractivity contribution is 7.10. The molecule has 2 N–H and O–H groups in total. The van der Waals surface area contributed by atoms with Gasteiger partial charge in [-0.25, -0.2) is 4.98 Å². The van der Waals surface area contributed by atoms with Crippen molar-refractivity contribution in [3.8, 4) is 0 Å². The number of aryl methyl sites for hydroxylation is 2. The minimum atomic E-state index is -0.105. The zero-order chi connectivity index (χ0) is 18.7. The molecule has 1 aliphatic heterocycles. The van der Waals surface area contributed by atoms with E-state index in [0.29, 0.717) is 37.3 Å². The van der Waals surface area contributed by atoms with Crippen molar-refractivity contribution in [2.24, 2.45) is 5.92 Å². The van der Waals surface area contributed by atoms with E-state index < -0.39 is 0 Å². The van der Waals surface area contributed by atoms with Crippen molar-refractivity contribution >= 4 is 34.2 Å². The summed E-state index contributed by atoms with van der Waals surface area (Å²) in [5.41, 5.74) is 2.44. The maximum absolute atomic E-state index is 12.8. The highest BCUT2D eigenvalue weighted by atomic mass is 32.1. The summed E-state index contributed by atoms with van der Waals surface area (Å²) in [6.45, 7) is 4.94. The maximum atomic E-state index is 12.8. The molecule has 2 amide bonds. The number of amides is 2. The molecule has 0 atom stereocenters. The number of anilines is 2. The number of nitrogens with zero attached hydrogens (tertiary/aromatic N) is 3. The fourth-order valence-corrected chi connectivity index (χ4v) is 3.87. The summed E-state index contributed by atoms with van der Waals surface area (Å²) < 4.78 is 4.26. The Kier molecular flexibility index (Phi) is 5.51. The van der Waals surface area contributed by atoms with Gasteiger partial charge in [0.2, 0.25) is 5.91 Å². The molecule has 8 heteroatoms. The van der Waals surface area contributed by atoms with Crippen molar-refractivity contribution in [2.75, 3.05) is 30.8 Å². The van der Waals surface area contributed by atoms with Crippen LogP contribution in [0.5, 0.6) is 0 Å². The van der Waals surface area contributed by atoms with Crippen LogP contribution >= 0.6 is 11.5 Å². The van der Waals surface area contributed by atoms with Gasteiger partial charge in [-0.1, -0.05) is 0 Å². The normalized spacial score (nSPS) is 15.0. The second kappa shape index (κ2) is 7.82. The molecular weight excluding hydrogens is 350 g/mol. The van der Waals surface area contributed by atoms with Gasteiger partial charge in [-0.2, -0.15) is 4.37 Å². The molecule has 3 heterocycles. The molecule has 0 unspecified atom stereocenters. The van der Waals surface area contributed by atoms with Crippen LogP contribution in [0.1, 0.15) is 34.5 Å². The van der Waals surface area contributed by atoms with E-state index in [1.54, 1.807) is 13.2 Å². The van der Waals surface area contributed by atoms with E-state index in [2.05, 4.69) is 20.0 Å². The van der Waals surface area contributed by atoms with E-state index in [1.807, 2.05) is 30.9 Å². The number of nitrogens with one attached hydrogen (secondary N) is 2. The lowest BCUT2D eigenvalue weighted by Crippen LogP contribution is -2.41. The molecule has 2 aromatic rings. The van der Waals surface area contributed by atoms with E-state index in [-0.39, 0.29) is 17.7 Å². The molecule has 3 rings (SSSR count). The van der Waals surface area contributed by atoms with Gasteiger partial charge in [0.15, 0.2) is 0 Å². The van der Waals surface area contributed by atoms with Crippen LogP contribution in [0.15, 0.2) is 18.3 Å². The zero-order valence-electron chi connectivity index (χ0n) is 15.2. The number of aromatic nitrogens is 2. The van der Waals surface area contributed by atoms with E-state index in [4.69, 9.17) is 0 Å². The van der Waals surface area contributed by atoms with Crippen molar-refractivity contribution < 1.29 is 9.59 Å². The maximum Gasteiger partial charge on any atom is 0.258 e. The fraction of sp³-hybridized carbons (Fsp3) is 0.444. The Labute approximate surface area is 157 Å². The molecule has 0 saturated carbocycles. The minimum absolute atomic E-state index is 0.0141. The first kappa shape index (κ1) is 18.3. The van der Waals surface area contributed by atoms with Crippen LogP contribution in [0, 0.1) is 19.8 Å². The third-order valence-corrected chi connectivity index (χ3v) is 5.58. The molecule has 1 aliphatic rings. The van der Waals surface area contributed by atoms with Crippen LogP contribution in [0.4, 0.5) is 10.8 Å². The van der Waals surface area contributed by atoms with E-state index in [1.165, 1.54) is 11.5 Å². The number of piperidine rings is 1. The van der Waals surface area contributed by atoms with Crippen LogP contribution in [-0.2, 0) is 4.79 Å². The Morgan fingerprint density at radius 3 is 2.65 bits per heavy atom. The summed E-state index contributed by atoms with van der Waals surface area (Å²) in [4.78, 5) is 31.3. The van der Waals surface area contributed by atoms with Gasteiger partial charge in [-0.15, -0.1) is 0 Å². The van der Waals surface area contributed by atoms with Crippen molar-refractivity contribution in [1.29, 1.82) is 0 Å². The number of hydrogen-bond donors (Lipinski definition) is 2. The lowest BCUT2D eigenvalue weighted by atomic mass is 9.95. The Balaban J connectivity index is 1.59. The van der Waals surface area contributed by atoms with Crippen molar-refractivity contribution in [3.63, 3.8) is 0 Å². The Hall–Kier alpha value is -2.48. The third-order valence-electron chi connectivity index (χ3n) is 4.62. The Morgan fingerprint density at radius 1 is 1.27 bits per heavy atom. The highest BCUT2D eigenvalue weighted by Gasteiger charge is 2.30. The van der Waals surface area contributed by atoms with Crippen molar-refractivity contribution in [2.45, 2.75) is 26.7 Å². The van der Waals surface area contributed by atoms with E-state index in [9.17, 15) is 9.59 Å². The molecule has 2 aromatic heterocycles. The quantitative estimate of drug-likeness (QED) is 0.860. The lowest BCUT2D eigenvalue weighted by Gasteiger charge is -2.31. The topological polar surface area (TPSA) is 87.2 Å². The molecule has 0 radical (unpaired) electrons. The molecule has 0 spiro atoms. The van der Waals surface area contributed by atoms with Gasteiger partial charge in [-0.05, 0) is 55.9 Å². The molecule has 0 aromatic carbocycles. The lowest BCUT2D eigenvalue weighted by molar-refractivity contribution is -0.121. The molecular formula is C18H23N5O2S. The summed E-state index contributed by atoms with van der Waals surface area (Å²) in [7, 11) is 1.79. The predicted molar refractivity (Wildman–Crippen MR) is 103 cm³/mol. The van der Waals surface area contributed by atoms with Gasteiger partial charge in [0.1, 0.15) is 10.8 Å². The average Bonchev–Trinajstić information content (AvgIpc) is 3.02. The first-order chi connectivity index (χ1) is 12.5. The minimum Gasteiger partial charge on any atom is -0.378 e. The number of pyridine rings is 1. The summed E-state index contributed by atoms with van der Waals surface area (Å²) in [5.74, 6) is 0.429. The molecule has 1 saturated heterocycles. The van der Waals surface area contributed by atoms with Crippen LogP contribution < -0.4 is 10.6 Å². The second-order valence-electron chi connectivity index (χ2n) is 6.50. The van der Waals surface area contributed by atoms with Gasteiger partial charge in [0.25, 0.3) is 5.91 Å². The fourth-order valence-electron chi connectivity index (χ4n) is 3.13. The molecule has 0 bridgehead atoms. The summed E-state index contributed by atoms with van der Waals surface area (Å²) >= 11 is 1.30. The van der Waals surface area contributed by atoms with Gasteiger partial charge in [0, 0.05) is 32.3 Å². The van der Waals surface area contributed by atoms with Crippen molar-refractivity contribution in [1.82, 2.24) is 14.3 Å². The Bertz CT molecular complexity index is 812. The number of rotatable bonds is 4. The van der Waals surface area contributed by atoms with Crippen LogP contribution in [0.2, 0.25) is 0 Å². The predicted octanol–water partition coefficient (Wildman–Crippen LogP) is 2.69.